The molecule has 0 aliphatic rings. The lowest BCUT2D eigenvalue weighted by Gasteiger charge is -2.10. The first kappa shape index (κ1) is 21.6. The Morgan fingerprint density at radius 1 is 1.10 bits per heavy atom. The second kappa shape index (κ2) is 9.57. The Bertz CT molecular complexity index is 973. The van der Waals surface area contributed by atoms with Gasteiger partial charge in [-0.3, -0.25) is 9.36 Å². The average Bonchev–Trinajstić information content (AvgIpc) is 3.19. The average molecular weight is 437 g/mol. The Labute approximate surface area is 175 Å². The van der Waals surface area contributed by atoms with Crippen LogP contribution in [0.1, 0.15) is 5.56 Å². The standard InChI is InChI=1S/C20H18F3N3O3S/c1-28-16-8-4-15(5-9-16)26-11-10-24-19(26)30-13-18(27)25-12-14-2-6-17(7-3-14)29-20(21,22)23/h2-11H,12-13H2,1H3,(H,25,27). The number of hydrogen-bond donors (Lipinski definition) is 1. The summed E-state index contributed by atoms with van der Waals surface area (Å²) in [6, 6.07) is 12.8. The van der Waals surface area contributed by atoms with Crippen molar-refractivity contribution in [3.63, 3.8) is 0 Å². The van der Waals surface area contributed by atoms with Crippen molar-refractivity contribution in [1.29, 1.82) is 0 Å². The van der Waals surface area contributed by atoms with Gasteiger partial charge in [0.1, 0.15) is 11.5 Å². The summed E-state index contributed by atoms with van der Waals surface area (Å²) in [4.78, 5) is 16.4. The summed E-state index contributed by atoms with van der Waals surface area (Å²) < 4.78 is 47.3. The molecule has 6 nitrogen and oxygen atoms in total. The van der Waals surface area contributed by atoms with Crippen LogP contribution in [-0.4, -0.2) is 34.7 Å². The molecule has 0 bridgehead atoms. The van der Waals surface area contributed by atoms with Gasteiger partial charge in [0.25, 0.3) is 0 Å². The molecule has 1 aromatic heterocycles. The number of carbonyl (C=O) groups is 1. The van der Waals surface area contributed by atoms with Crippen LogP contribution >= 0.6 is 11.8 Å². The molecule has 0 atom stereocenters. The molecule has 0 saturated carbocycles. The smallest absolute Gasteiger partial charge is 0.497 e. The maximum atomic E-state index is 12.2. The van der Waals surface area contributed by atoms with Gasteiger partial charge in [-0.05, 0) is 42.0 Å². The number of alkyl halides is 3. The van der Waals surface area contributed by atoms with Gasteiger partial charge >= 0.3 is 6.36 Å². The van der Waals surface area contributed by atoms with Gasteiger partial charge in [0.05, 0.1) is 12.9 Å². The van der Waals surface area contributed by atoms with E-state index < -0.39 is 6.36 Å². The minimum atomic E-state index is -4.73. The molecule has 0 aliphatic carbocycles. The van der Waals surface area contributed by atoms with E-state index in [0.717, 1.165) is 11.4 Å². The molecule has 3 aromatic rings. The molecule has 2 aromatic carbocycles. The monoisotopic (exact) mass is 437 g/mol. The first-order chi connectivity index (χ1) is 14.3. The Morgan fingerprint density at radius 3 is 2.40 bits per heavy atom. The topological polar surface area (TPSA) is 65.4 Å². The van der Waals surface area contributed by atoms with Crippen molar-refractivity contribution < 1.29 is 27.4 Å². The molecule has 0 spiro atoms. The van der Waals surface area contributed by atoms with E-state index in [1.165, 1.54) is 36.0 Å². The van der Waals surface area contributed by atoms with Crippen molar-refractivity contribution in [1.82, 2.24) is 14.9 Å². The number of nitrogens with zero attached hydrogens (tertiary/aromatic N) is 2. The molecule has 1 heterocycles. The van der Waals surface area contributed by atoms with Crippen LogP contribution in [0, 0.1) is 0 Å². The number of hydrogen-bond acceptors (Lipinski definition) is 5. The maximum absolute atomic E-state index is 12.2. The third-order valence-electron chi connectivity index (χ3n) is 3.94. The molecule has 0 fully saturated rings. The minimum Gasteiger partial charge on any atom is -0.497 e. The molecule has 0 unspecified atom stereocenters. The van der Waals surface area contributed by atoms with E-state index in [4.69, 9.17) is 4.74 Å². The fourth-order valence-electron chi connectivity index (χ4n) is 2.53. The van der Waals surface area contributed by atoms with Crippen molar-refractivity contribution in [3.8, 4) is 17.2 Å². The second-order valence-electron chi connectivity index (χ2n) is 6.04. The minimum absolute atomic E-state index is 0.141. The van der Waals surface area contributed by atoms with Crippen LogP contribution in [0.2, 0.25) is 0 Å². The predicted octanol–water partition coefficient (Wildman–Crippen LogP) is 4.19. The van der Waals surface area contributed by atoms with Crippen LogP contribution in [0.5, 0.6) is 11.5 Å². The number of ether oxygens (including phenoxy) is 2. The number of benzene rings is 2. The fourth-order valence-corrected chi connectivity index (χ4v) is 3.33. The van der Waals surface area contributed by atoms with Crippen molar-refractivity contribution in [2.24, 2.45) is 0 Å². The molecular weight excluding hydrogens is 419 g/mol. The Balaban J connectivity index is 1.50. The van der Waals surface area contributed by atoms with Crippen LogP contribution in [-0.2, 0) is 11.3 Å². The first-order valence-corrected chi connectivity index (χ1v) is 9.74. The van der Waals surface area contributed by atoms with Gasteiger partial charge in [-0.2, -0.15) is 0 Å². The zero-order chi connectivity index (χ0) is 21.6. The molecule has 3 rings (SSSR count). The van der Waals surface area contributed by atoms with Gasteiger partial charge < -0.3 is 14.8 Å². The third-order valence-corrected chi connectivity index (χ3v) is 4.90. The van der Waals surface area contributed by atoms with Crippen molar-refractivity contribution in [2.45, 2.75) is 18.1 Å². The Morgan fingerprint density at radius 2 is 1.77 bits per heavy atom. The highest BCUT2D eigenvalue weighted by Crippen LogP contribution is 2.23. The second-order valence-corrected chi connectivity index (χ2v) is 6.98. The zero-order valence-corrected chi connectivity index (χ0v) is 16.7. The number of imidazole rings is 1. The summed E-state index contributed by atoms with van der Waals surface area (Å²) in [7, 11) is 1.59. The van der Waals surface area contributed by atoms with Crippen LogP contribution in [0.4, 0.5) is 13.2 Å². The molecule has 158 valence electrons. The van der Waals surface area contributed by atoms with Crippen LogP contribution < -0.4 is 14.8 Å². The molecule has 30 heavy (non-hydrogen) atoms. The van der Waals surface area contributed by atoms with E-state index in [1.54, 1.807) is 19.5 Å². The van der Waals surface area contributed by atoms with Crippen molar-refractivity contribution in [3.05, 3.63) is 66.5 Å². The van der Waals surface area contributed by atoms with Gasteiger partial charge in [-0.15, -0.1) is 13.2 Å². The summed E-state index contributed by atoms with van der Waals surface area (Å²) >= 11 is 1.27. The lowest BCUT2D eigenvalue weighted by molar-refractivity contribution is -0.274. The molecule has 1 amide bonds. The largest absolute Gasteiger partial charge is 0.573 e. The normalized spacial score (nSPS) is 11.2. The molecule has 0 saturated heterocycles. The van der Waals surface area contributed by atoms with Gasteiger partial charge in [0, 0.05) is 24.6 Å². The Kier molecular flexibility index (Phi) is 6.88. The molecular formula is C20H18F3N3O3S. The van der Waals surface area contributed by atoms with Crippen molar-refractivity contribution in [2.75, 3.05) is 12.9 Å². The summed E-state index contributed by atoms with van der Waals surface area (Å²) in [6.45, 7) is 0.193. The van der Waals surface area contributed by atoms with Crippen LogP contribution in [0.25, 0.3) is 5.69 Å². The molecule has 0 radical (unpaired) electrons. The maximum Gasteiger partial charge on any atom is 0.573 e. The van der Waals surface area contributed by atoms with Crippen LogP contribution in [0.3, 0.4) is 0 Å². The number of methoxy groups -OCH3 is 1. The SMILES string of the molecule is COc1ccc(-n2ccnc2SCC(=O)NCc2ccc(OC(F)(F)F)cc2)cc1. The first-order valence-electron chi connectivity index (χ1n) is 8.76. The lowest BCUT2D eigenvalue weighted by atomic mass is 10.2. The summed E-state index contributed by atoms with van der Waals surface area (Å²) in [5, 5.41) is 3.38. The highest BCUT2D eigenvalue weighted by atomic mass is 32.2. The van der Waals surface area contributed by atoms with E-state index in [-0.39, 0.29) is 24.0 Å². The zero-order valence-electron chi connectivity index (χ0n) is 15.8. The summed E-state index contributed by atoms with van der Waals surface area (Å²) in [5.74, 6) is 0.353. The van der Waals surface area contributed by atoms with Gasteiger partial charge in [-0.1, -0.05) is 23.9 Å². The van der Waals surface area contributed by atoms with Gasteiger partial charge in [0.2, 0.25) is 5.91 Å². The van der Waals surface area contributed by atoms with E-state index in [1.807, 2.05) is 28.8 Å². The summed E-state index contributed by atoms with van der Waals surface area (Å²) in [6.07, 6.45) is -1.29. The number of nitrogens with one attached hydrogen (secondary N) is 1. The number of thioether (sulfide) groups is 1. The van der Waals surface area contributed by atoms with E-state index in [0.29, 0.717) is 10.7 Å². The summed E-state index contributed by atoms with van der Waals surface area (Å²) in [5.41, 5.74) is 1.54. The number of amides is 1. The highest BCUT2D eigenvalue weighted by molar-refractivity contribution is 7.99. The third kappa shape index (κ3) is 6.18. The number of rotatable bonds is 8. The molecule has 1 N–H and O–H groups in total. The van der Waals surface area contributed by atoms with Crippen LogP contribution in [0.15, 0.2) is 66.1 Å². The molecule has 0 aliphatic heterocycles. The van der Waals surface area contributed by atoms with E-state index in [9.17, 15) is 18.0 Å². The van der Waals surface area contributed by atoms with Gasteiger partial charge in [0.15, 0.2) is 5.16 Å². The fraction of sp³-hybridized carbons (Fsp3) is 0.200. The number of carbonyl (C=O) groups excluding carboxylic acids is 1. The van der Waals surface area contributed by atoms with Crippen molar-refractivity contribution >= 4 is 17.7 Å². The lowest BCUT2D eigenvalue weighted by Crippen LogP contribution is -2.24. The van der Waals surface area contributed by atoms with E-state index >= 15 is 0 Å². The predicted molar refractivity (Wildman–Crippen MR) is 106 cm³/mol. The highest BCUT2D eigenvalue weighted by Gasteiger charge is 2.30. The Hall–Kier alpha value is -3.14. The number of halogens is 3. The van der Waals surface area contributed by atoms with Gasteiger partial charge in [-0.25, -0.2) is 4.98 Å². The quantitative estimate of drug-likeness (QED) is 0.536. The van der Waals surface area contributed by atoms with E-state index in [2.05, 4.69) is 15.0 Å². The molecule has 10 heteroatoms. The number of aromatic nitrogens is 2.